The Labute approximate surface area is 195 Å². The molecule has 3 heterocycles. The molecule has 3 atom stereocenters. The molecule has 0 spiro atoms. The molecule has 2 aliphatic heterocycles. The second kappa shape index (κ2) is 9.60. The molecule has 3 rings (SSSR count). The highest BCUT2D eigenvalue weighted by molar-refractivity contribution is 7.10. The standard InChI is InChI=1S/C23H21N5O4S/c1-4-31-22(29)16-12(3)28-20(17(13(9-24)10-25)14(11-26)21(28)27)19(23(30)32-5-2)18(16)15-7-6-8-33-15/h6-8,18-20H,4-5,27H2,1-3H3/t18-,19-,20-/m1/s1. The quantitative estimate of drug-likeness (QED) is 0.512. The molecular formula is C23H21N5O4S. The Kier molecular flexibility index (Phi) is 6.86. The fraction of sp³-hybridized carbons (Fsp3) is 0.348. The number of hydrogen-bond donors (Lipinski definition) is 1. The Balaban J connectivity index is 2.43. The van der Waals surface area contributed by atoms with Crippen LogP contribution < -0.4 is 5.73 Å². The number of carbonyl (C=O) groups excluding carboxylic acids is 2. The van der Waals surface area contributed by atoms with Crippen molar-refractivity contribution in [2.45, 2.75) is 32.7 Å². The summed E-state index contributed by atoms with van der Waals surface area (Å²) in [7, 11) is 0. The Morgan fingerprint density at radius 1 is 1.18 bits per heavy atom. The zero-order valence-corrected chi connectivity index (χ0v) is 19.1. The van der Waals surface area contributed by atoms with Crippen LogP contribution in [-0.4, -0.2) is 36.1 Å². The van der Waals surface area contributed by atoms with Gasteiger partial charge < -0.3 is 20.1 Å². The van der Waals surface area contributed by atoms with Crippen molar-refractivity contribution in [1.29, 1.82) is 15.8 Å². The molecule has 10 heteroatoms. The van der Waals surface area contributed by atoms with Gasteiger partial charge in [-0.15, -0.1) is 11.3 Å². The van der Waals surface area contributed by atoms with Gasteiger partial charge in [-0.2, -0.15) is 15.8 Å². The van der Waals surface area contributed by atoms with Gasteiger partial charge in [-0.05, 0) is 32.2 Å². The second-order valence-corrected chi connectivity index (χ2v) is 8.17. The predicted octanol–water partition coefficient (Wildman–Crippen LogP) is 2.58. The van der Waals surface area contributed by atoms with E-state index in [1.54, 1.807) is 32.9 Å². The first-order valence-corrected chi connectivity index (χ1v) is 11.1. The van der Waals surface area contributed by atoms with E-state index in [-0.39, 0.29) is 41.3 Å². The lowest BCUT2D eigenvalue weighted by Gasteiger charge is -2.43. The van der Waals surface area contributed by atoms with Crippen molar-refractivity contribution in [3.8, 4) is 18.2 Å². The van der Waals surface area contributed by atoms with Crippen molar-refractivity contribution < 1.29 is 19.1 Å². The highest BCUT2D eigenvalue weighted by Crippen LogP contribution is 2.52. The Hall–Kier alpha value is -4.07. The van der Waals surface area contributed by atoms with E-state index in [1.807, 2.05) is 23.6 Å². The van der Waals surface area contributed by atoms with Crippen LogP contribution >= 0.6 is 11.3 Å². The molecule has 2 aliphatic rings. The van der Waals surface area contributed by atoms with E-state index in [9.17, 15) is 25.4 Å². The van der Waals surface area contributed by atoms with Crippen molar-refractivity contribution in [1.82, 2.24) is 4.90 Å². The van der Waals surface area contributed by atoms with E-state index in [4.69, 9.17) is 15.2 Å². The molecule has 2 N–H and O–H groups in total. The number of hydrogen-bond acceptors (Lipinski definition) is 10. The third kappa shape index (κ3) is 3.73. The first kappa shape index (κ1) is 23.6. The fourth-order valence-corrected chi connectivity index (χ4v) is 5.32. The molecule has 33 heavy (non-hydrogen) atoms. The van der Waals surface area contributed by atoms with Gasteiger partial charge in [-0.25, -0.2) is 4.79 Å². The summed E-state index contributed by atoms with van der Waals surface area (Å²) in [5.41, 5.74) is 6.55. The van der Waals surface area contributed by atoms with E-state index in [2.05, 4.69) is 0 Å². The summed E-state index contributed by atoms with van der Waals surface area (Å²) in [6.45, 7) is 5.17. The zero-order chi connectivity index (χ0) is 24.3. The second-order valence-electron chi connectivity index (χ2n) is 7.19. The lowest BCUT2D eigenvalue weighted by atomic mass is 9.72. The van der Waals surface area contributed by atoms with Crippen molar-refractivity contribution in [3.63, 3.8) is 0 Å². The largest absolute Gasteiger partial charge is 0.466 e. The van der Waals surface area contributed by atoms with E-state index < -0.39 is 29.8 Å². The molecule has 168 valence electrons. The van der Waals surface area contributed by atoms with Gasteiger partial charge >= 0.3 is 11.9 Å². The molecule has 0 saturated heterocycles. The third-order valence-electron chi connectivity index (χ3n) is 5.63. The number of allylic oxidation sites excluding steroid dienone is 2. The average molecular weight is 464 g/mol. The van der Waals surface area contributed by atoms with Gasteiger partial charge in [0.25, 0.3) is 0 Å². The monoisotopic (exact) mass is 463 g/mol. The van der Waals surface area contributed by atoms with E-state index >= 15 is 0 Å². The van der Waals surface area contributed by atoms with Gasteiger partial charge in [0, 0.05) is 22.1 Å². The van der Waals surface area contributed by atoms with E-state index in [1.165, 1.54) is 16.2 Å². The van der Waals surface area contributed by atoms with Crippen molar-refractivity contribution >= 4 is 23.3 Å². The van der Waals surface area contributed by atoms with Crippen LogP contribution in [0.4, 0.5) is 0 Å². The minimum absolute atomic E-state index is 0.0428. The van der Waals surface area contributed by atoms with Gasteiger partial charge in [0.05, 0.1) is 36.3 Å². The van der Waals surface area contributed by atoms with Gasteiger partial charge in [0.15, 0.2) is 0 Å². The molecule has 1 aromatic heterocycles. The maximum atomic E-state index is 13.4. The normalized spacial score (nSPS) is 21.6. The van der Waals surface area contributed by atoms with E-state index in [0.717, 1.165) is 0 Å². The van der Waals surface area contributed by atoms with Crippen LogP contribution in [0.15, 0.2) is 51.3 Å². The van der Waals surface area contributed by atoms with Crippen LogP contribution in [0.3, 0.4) is 0 Å². The maximum Gasteiger partial charge on any atom is 0.336 e. The molecule has 9 nitrogen and oxygen atoms in total. The van der Waals surface area contributed by atoms with Crippen LogP contribution in [0.1, 0.15) is 31.6 Å². The maximum absolute atomic E-state index is 13.4. The number of nitrogens with zero attached hydrogens (tertiary/aromatic N) is 4. The molecule has 0 bridgehead atoms. The molecule has 1 aromatic rings. The molecule has 0 fully saturated rings. The fourth-order valence-electron chi connectivity index (χ4n) is 4.44. The van der Waals surface area contributed by atoms with Crippen molar-refractivity contribution in [2.75, 3.05) is 13.2 Å². The number of esters is 2. The Morgan fingerprint density at radius 2 is 1.85 bits per heavy atom. The molecule has 0 amide bonds. The van der Waals surface area contributed by atoms with Gasteiger partial charge in [0.1, 0.15) is 29.6 Å². The van der Waals surface area contributed by atoms with Gasteiger partial charge in [0.2, 0.25) is 0 Å². The molecule has 0 unspecified atom stereocenters. The minimum atomic E-state index is -1.07. The number of thiophene rings is 1. The highest BCUT2D eigenvalue weighted by atomic mass is 32.1. The Bertz CT molecular complexity index is 1190. The Morgan fingerprint density at radius 3 is 2.36 bits per heavy atom. The summed E-state index contributed by atoms with van der Waals surface area (Å²) in [6, 6.07) is 8.21. The summed E-state index contributed by atoms with van der Waals surface area (Å²) in [5.74, 6) is -3.16. The summed E-state index contributed by atoms with van der Waals surface area (Å²) in [6.07, 6.45) is 0. The lowest BCUT2D eigenvalue weighted by molar-refractivity contribution is -0.151. The van der Waals surface area contributed by atoms with Crippen LogP contribution in [0.25, 0.3) is 0 Å². The average Bonchev–Trinajstić information content (AvgIpc) is 3.41. The summed E-state index contributed by atoms with van der Waals surface area (Å²) in [4.78, 5) is 28.7. The number of nitriles is 3. The van der Waals surface area contributed by atoms with Crippen LogP contribution in [0.5, 0.6) is 0 Å². The van der Waals surface area contributed by atoms with Crippen molar-refractivity contribution in [2.24, 2.45) is 11.7 Å². The van der Waals surface area contributed by atoms with Crippen LogP contribution in [-0.2, 0) is 19.1 Å². The highest BCUT2D eigenvalue weighted by Gasteiger charge is 2.55. The summed E-state index contributed by atoms with van der Waals surface area (Å²) < 4.78 is 10.7. The SMILES string of the molecule is CCOC(=O)C1=C(C)N2C(N)=C(C#N)C(=C(C#N)C#N)[C@@H]2[C@H](C(=O)OCC)[C@@H]1c1cccs1. The molecule has 0 radical (unpaired) electrons. The molecular weight excluding hydrogens is 442 g/mol. The number of rotatable bonds is 5. The molecule has 0 aromatic carbocycles. The third-order valence-corrected chi connectivity index (χ3v) is 6.58. The van der Waals surface area contributed by atoms with E-state index in [0.29, 0.717) is 10.6 Å². The van der Waals surface area contributed by atoms with Crippen LogP contribution in [0, 0.1) is 39.9 Å². The lowest BCUT2D eigenvalue weighted by Crippen LogP contribution is -2.50. The smallest absolute Gasteiger partial charge is 0.336 e. The number of fused-ring (bicyclic) bond motifs is 1. The summed E-state index contributed by atoms with van der Waals surface area (Å²) in [5, 5.41) is 30.9. The number of nitrogens with two attached hydrogens (primary N) is 1. The zero-order valence-electron chi connectivity index (χ0n) is 18.3. The number of ether oxygens (including phenoxy) is 2. The molecule has 0 saturated carbocycles. The number of carbonyl (C=O) groups is 2. The predicted molar refractivity (Wildman–Crippen MR) is 117 cm³/mol. The van der Waals surface area contributed by atoms with Gasteiger partial charge in [-0.1, -0.05) is 6.07 Å². The van der Waals surface area contributed by atoms with Gasteiger partial charge in [-0.3, -0.25) is 4.79 Å². The topological polar surface area (TPSA) is 153 Å². The molecule has 0 aliphatic carbocycles. The van der Waals surface area contributed by atoms with Crippen LogP contribution in [0.2, 0.25) is 0 Å². The van der Waals surface area contributed by atoms with Crippen molar-refractivity contribution in [3.05, 3.63) is 56.2 Å². The first-order valence-electron chi connectivity index (χ1n) is 10.2. The first-order chi connectivity index (χ1) is 15.9. The summed E-state index contributed by atoms with van der Waals surface area (Å²) >= 11 is 1.35. The minimum Gasteiger partial charge on any atom is -0.466 e.